The van der Waals surface area contributed by atoms with Crippen LogP contribution in [0.3, 0.4) is 0 Å². The Bertz CT molecular complexity index is 536. The standard InChI is InChI=1S/C17H24N2O3/c1-3-13-6-4-5-7-15(13)22-12(2)17(21)19-10-8-14(9-11-19)16(18)20/h4-7,12,14H,3,8-11H2,1-2H3,(H2,18,20)/t12-/m1/s1. The average molecular weight is 304 g/mol. The summed E-state index contributed by atoms with van der Waals surface area (Å²) in [5, 5.41) is 0. The molecule has 2 rings (SSSR count). The second kappa shape index (κ2) is 7.29. The van der Waals surface area contributed by atoms with E-state index in [0.717, 1.165) is 17.7 Å². The lowest BCUT2D eigenvalue weighted by molar-refractivity contribution is -0.140. The van der Waals surface area contributed by atoms with Crippen LogP contribution in [0, 0.1) is 5.92 Å². The summed E-state index contributed by atoms with van der Waals surface area (Å²) >= 11 is 0. The molecule has 5 heteroatoms. The molecule has 1 atom stereocenters. The van der Waals surface area contributed by atoms with E-state index in [0.29, 0.717) is 25.9 Å². The summed E-state index contributed by atoms with van der Waals surface area (Å²) in [6, 6.07) is 7.77. The van der Waals surface area contributed by atoms with Crippen molar-refractivity contribution in [2.75, 3.05) is 13.1 Å². The van der Waals surface area contributed by atoms with Gasteiger partial charge in [0.25, 0.3) is 5.91 Å². The Kier molecular flexibility index (Phi) is 5.41. The van der Waals surface area contributed by atoms with Crippen molar-refractivity contribution >= 4 is 11.8 Å². The summed E-state index contributed by atoms with van der Waals surface area (Å²) in [6.07, 6.45) is 1.61. The van der Waals surface area contributed by atoms with Crippen LogP contribution in [0.2, 0.25) is 0 Å². The number of primary amides is 1. The Morgan fingerprint density at radius 1 is 1.32 bits per heavy atom. The SMILES string of the molecule is CCc1ccccc1O[C@H](C)C(=O)N1CCC(C(N)=O)CC1. The van der Waals surface area contributed by atoms with Gasteiger partial charge >= 0.3 is 0 Å². The number of para-hydroxylation sites is 1. The van der Waals surface area contributed by atoms with E-state index in [4.69, 9.17) is 10.5 Å². The van der Waals surface area contributed by atoms with Crippen molar-refractivity contribution in [1.29, 1.82) is 0 Å². The first-order valence-electron chi connectivity index (χ1n) is 7.85. The number of benzene rings is 1. The Morgan fingerprint density at radius 3 is 2.55 bits per heavy atom. The normalized spacial score (nSPS) is 17.1. The Balaban J connectivity index is 1.94. The molecule has 1 aromatic carbocycles. The van der Waals surface area contributed by atoms with Crippen molar-refractivity contribution in [3.8, 4) is 5.75 Å². The quantitative estimate of drug-likeness (QED) is 0.900. The van der Waals surface area contributed by atoms with E-state index in [1.54, 1.807) is 11.8 Å². The molecule has 2 N–H and O–H groups in total. The van der Waals surface area contributed by atoms with E-state index in [9.17, 15) is 9.59 Å². The summed E-state index contributed by atoms with van der Waals surface area (Å²) in [5.74, 6) is 0.348. The number of aryl methyl sites for hydroxylation is 1. The molecule has 0 unspecified atom stereocenters. The highest BCUT2D eigenvalue weighted by molar-refractivity contribution is 5.82. The van der Waals surface area contributed by atoms with E-state index in [-0.39, 0.29) is 17.7 Å². The highest BCUT2D eigenvalue weighted by atomic mass is 16.5. The molecule has 1 aliphatic heterocycles. The third kappa shape index (κ3) is 3.78. The highest BCUT2D eigenvalue weighted by Crippen LogP contribution is 2.22. The molecule has 0 saturated carbocycles. The van der Waals surface area contributed by atoms with Gasteiger partial charge in [-0.25, -0.2) is 0 Å². The van der Waals surface area contributed by atoms with Gasteiger partial charge in [-0.15, -0.1) is 0 Å². The van der Waals surface area contributed by atoms with Gasteiger partial charge in [-0.05, 0) is 37.8 Å². The van der Waals surface area contributed by atoms with Crippen LogP contribution in [0.15, 0.2) is 24.3 Å². The number of nitrogens with zero attached hydrogens (tertiary/aromatic N) is 1. The average Bonchev–Trinajstić information content (AvgIpc) is 2.54. The van der Waals surface area contributed by atoms with Crippen LogP contribution >= 0.6 is 0 Å². The number of ether oxygens (including phenoxy) is 1. The lowest BCUT2D eigenvalue weighted by Crippen LogP contribution is -2.46. The fraction of sp³-hybridized carbons (Fsp3) is 0.529. The highest BCUT2D eigenvalue weighted by Gasteiger charge is 2.29. The van der Waals surface area contributed by atoms with Crippen LogP contribution in [-0.4, -0.2) is 35.9 Å². The van der Waals surface area contributed by atoms with E-state index in [1.165, 1.54) is 0 Å². The molecule has 2 amide bonds. The molecule has 0 bridgehead atoms. The van der Waals surface area contributed by atoms with Crippen LogP contribution in [0.1, 0.15) is 32.3 Å². The second-order valence-corrected chi connectivity index (χ2v) is 5.72. The van der Waals surface area contributed by atoms with Gasteiger partial charge in [-0.1, -0.05) is 25.1 Å². The first-order chi connectivity index (χ1) is 10.5. The number of amides is 2. The van der Waals surface area contributed by atoms with Crippen molar-refractivity contribution in [2.45, 2.75) is 39.2 Å². The zero-order valence-corrected chi connectivity index (χ0v) is 13.2. The number of piperidine rings is 1. The van der Waals surface area contributed by atoms with Crippen LogP contribution in [0.5, 0.6) is 5.75 Å². The number of hydrogen-bond donors (Lipinski definition) is 1. The third-order valence-corrected chi connectivity index (χ3v) is 4.21. The van der Waals surface area contributed by atoms with Crippen molar-refractivity contribution in [1.82, 2.24) is 4.90 Å². The second-order valence-electron chi connectivity index (χ2n) is 5.72. The number of likely N-dealkylation sites (tertiary alicyclic amines) is 1. The van der Waals surface area contributed by atoms with Gasteiger partial charge in [-0.2, -0.15) is 0 Å². The molecule has 0 aromatic heterocycles. The predicted octanol–water partition coefficient (Wildman–Crippen LogP) is 1.74. The number of carbonyl (C=O) groups is 2. The Morgan fingerprint density at radius 2 is 1.95 bits per heavy atom. The number of carbonyl (C=O) groups excluding carboxylic acids is 2. The van der Waals surface area contributed by atoms with Crippen LogP contribution in [0.25, 0.3) is 0 Å². The largest absolute Gasteiger partial charge is 0.481 e. The molecule has 120 valence electrons. The van der Waals surface area contributed by atoms with Gasteiger partial charge < -0.3 is 15.4 Å². The topological polar surface area (TPSA) is 72.6 Å². The third-order valence-electron chi connectivity index (χ3n) is 4.21. The summed E-state index contributed by atoms with van der Waals surface area (Å²) in [5.41, 5.74) is 6.41. The van der Waals surface area contributed by atoms with Gasteiger partial charge in [0.2, 0.25) is 5.91 Å². The Hall–Kier alpha value is -2.04. The molecule has 1 aliphatic rings. The molecule has 5 nitrogen and oxygen atoms in total. The van der Waals surface area contributed by atoms with E-state index in [2.05, 4.69) is 6.92 Å². The molecule has 1 aromatic rings. The van der Waals surface area contributed by atoms with Crippen LogP contribution in [0.4, 0.5) is 0 Å². The minimum Gasteiger partial charge on any atom is -0.481 e. The van der Waals surface area contributed by atoms with Crippen molar-refractivity contribution in [2.24, 2.45) is 11.7 Å². The van der Waals surface area contributed by atoms with Crippen molar-refractivity contribution < 1.29 is 14.3 Å². The zero-order valence-electron chi connectivity index (χ0n) is 13.2. The van der Waals surface area contributed by atoms with Crippen LogP contribution in [-0.2, 0) is 16.0 Å². The number of nitrogens with two attached hydrogens (primary N) is 1. The zero-order chi connectivity index (χ0) is 16.1. The maximum absolute atomic E-state index is 12.5. The molecular formula is C17H24N2O3. The van der Waals surface area contributed by atoms with Crippen LogP contribution < -0.4 is 10.5 Å². The number of hydrogen-bond acceptors (Lipinski definition) is 3. The molecule has 0 spiro atoms. The van der Waals surface area contributed by atoms with E-state index >= 15 is 0 Å². The fourth-order valence-electron chi connectivity index (χ4n) is 2.79. The lowest BCUT2D eigenvalue weighted by atomic mass is 9.96. The van der Waals surface area contributed by atoms with Gasteiger partial charge in [-0.3, -0.25) is 9.59 Å². The first-order valence-corrected chi connectivity index (χ1v) is 7.85. The maximum Gasteiger partial charge on any atom is 0.263 e. The van der Waals surface area contributed by atoms with Crippen molar-refractivity contribution in [3.05, 3.63) is 29.8 Å². The molecule has 1 heterocycles. The molecular weight excluding hydrogens is 280 g/mol. The van der Waals surface area contributed by atoms with Gasteiger partial charge in [0.1, 0.15) is 5.75 Å². The molecule has 1 fully saturated rings. The first kappa shape index (κ1) is 16.3. The van der Waals surface area contributed by atoms with Crippen molar-refractivity contribution in [3.63, 3.8) is 0 Å². The summed E-state index contributed by atoms with van der Waals surface area (Å²) in [4.78, 5) is 25.4. The lowest BCUT2D eigenvalue weighted by Gasteiger charge is -2.32. The molecule has 0 radical (unpaired) electrons. The smallest absolute Gasteiger partial charge is 0.263 e. The monoisotopic (exact) mass is 304 g/mol. The molecule has 0 aliphatic carbocycles. The Labute approximate surface area is 131 Å². The molecule has 22 heavy (non-hydrogen) atoms. The predicted molar refractivity (Wildman–Crippen MR) is 84.4 cm³/mol. The van der Waals surface area contributed by atoms with Gasteiger partial charge in [0, 0.05) is 19.0 Å². The van der Waals surface area contributed by atoms with E-state index < -0.39 is 6.10 Å². The minimum absolute atomic E-state index is 0.0335. The number of rotatable bonds is 5. The maximum atomic E-state index is 12.5. The van der Waals surface area contributed by atoms with Gasteiger partial charge in [0.15, 0.2) is 6.10 Å². The summed E-state index contributed by atoms with van der Waals surface area (Å²) < 4.78 is 5.84. The fourth-order valence-corrected chi connectivity index (χ4v) is 2.79. The van der Waals surface area contributed by atoms with E-state index in [1.807, 2.05) is 24.3 Å². The summed E-state index contributed by atoms with van der Waals surface area (Å²) in [7, 11) is 0. The summed E-state index contributed by atoms with van der Waals surface area (Å²) in [6.45, 7) is 4.96. The molecule has 1 saturated heterocycles. The minimum atomic E-state index is -0.530. The van der Waals surface area contributed by atoms with Gasteiger partial charge in [0.05, 0.1) is 0 Å².